The second-order valence-electron chi connectivity index (χ2n) is 6.53. The summed E-state index contributed by atoms with van der Waals surface area (Å²) < 4.78 is 5.69. The molecule has 0 bridgehead atoms. The van der Waals surface area contributed by atoms with E-state index in [1.807, 2.05) is 38.1 Å². The number of nitrogens with zero attached hydrogens (tertiary/aromatic N) is 2. The molecular weight excluding hydrogens is 264 g/mol. The molecule has 4 nitrogen and oxygen atoms in total. The number of likely N-dealkylation sites (tertiary alicyclic amines) is 2. The average molecular weight is 288 g/mol. The Balaban J connectivity index is 1.76. The molecular formula is C17H24N2O2. The van der Waals surface area contributed by atoms with Gasteiger partial charge < -0.3 is 14.5 Å². The van der Waals surface area contributed by atoms with E-state index < -0.39 is 0 Å². The minimum Gasteiger partial charge on any atom is -0.491 e. The first kappa shape index (κ1) is 14.4. The lowest BCUT2D eigenvalue weighted by molar-refractivity contribution is 0.0729. The molecule has 2 aliphatic rings. The molecule has 1 aromatic carbocycles. The van der Waals surface area contributed by atoms with Crippen LogP contribution in [-0.2, 0) is 0 Å². The van der Waals surface area contributed by atoms with Crippen molar-refractivity contribution in [2.45, 2.75) is 32.4 Å². The Labute approximate surface area is 126 Å². The molecule has 0 spiro atoms. The van der Waals surface area contributed by atoms with Gasteiger partial charge in [-0.1, -0.05) is 6.07 Å². The number of fused-ring (bicyclic) bond motifs is 1. The number of hydrogen-bond donors (Lipinski definition) is 0. The molecule has 2 fully saturated rings. The van der Waals surface area contributed by atoms with Crippen LogP contribution in [0.25, 0.3) is 0 Å². The summed E-state index contributed by atoms with van der Waals surface area (Å²) in [6.07, 6.45) is 1.25. The largest absolute Gasteiger partial charge is 0.491 e. The Morgan fingerprint density at radius 2 is 2.14 bits per heavy atom. The number of rotatable bonds is 3. The van der Waals surface area contributed by atoms with Crippen molar-refractivity contribution in [1.82, 2.24) is 9.80 Å². The van der Waals surface area contributed by atoms with Crippen molar-refractivity contribution in [1.29, 1.82) is 0 Å². The molecule has 3 rings (SSSR count). The van der Waals surface area contributed by atoms with Gasteiger partial charge in [-0.05, 0) is 51.4 Å². The van der Waals surface area contributed by atoms with Crippen LogP contribution in [-0.4, -0.2) is 54.5 Å². The Morgan fingerprint density at radius 3 is 2.90 bits per heavy atom. The molecule has 21 heavy (non-hydrogen) atoms. The topological polar surface area (TPSA) is 32.8 Å². The van der Waals surface area contributed by atoms with E-state index in [2.05, 4.69) is 16.8 Å². The summed E-state index contributed by atoms with van der Waals surface area (Å²) >= 11 is 0. The minimum atomic E-state index is 0.120. The van der Waals surface area contributed by atoms with E-state index in [0.717, 1.165) is 37.4 Å². The molecule has 0 unspecified atom stereocenters. The number of likely N-dealkylation sites (N-methyl/N-ethyl adjacent to an activating group) is 1. The maximum absolute atomic E-state index is 12.8. The quantitative estimate of drug-likeness (QED) is 0.855. The highest BCUT2D eigenvalue weighted by Crippen LogP contribution is 2.32. The molecule has 2 aliphatic heterocycles. The van der Waals surface area contributed by atoms with Gasteiger partial charge in [-0.15, -0.1) is 0 Å². The van der Waals surface area contributed by atoms with Crippen molar-refractivity contribution in [3.8, 4) is 5.75 Å². The van der Waals surface area contributed by atoms with Crippen LogP contribution in [0.3, 0.4) is 0 Å². The number of carbonyl (C=O) groups is 1. The smallest absolute Gasteiger partial charge is 0.254 e. The third kappa shape index (κ3) is 2.91. The third-order valence-electron chi connectivity index (χ3n) is 4.44. The minimum absolute atomic E-state index is 0.120. The van der Waals surface area contributed by atoms with Gasteiger partial charge in [0.05, 0.1) is 6.10 Å². The number of ether oxygens (including phenoxy) is 1. The summed E-state index contributed by atoms with van der Waals surface area (Å²) in [4.78, 5) is 17.2. The average Bonchev–Trinajstić information content (AvgIpc) is 2.96. The summed E-state index contributed by atoms with van der Waals surface area (Å²) in [7, 11) is 2.14. The highest BCUT2D eigenvalue weighted by atomic mass is 16.5. The van der Waals surface area contributed by atoms with E-state index in [9.17, 15) is 4.79 Å². The zero-order valence-corrected chi connectivity index (χ0v) is 13.1. The summed E-state index contributed by atoms with van der Waals surface area (Å²) in [6.45, 7) is 6.99. The second kappa shape index (κ2) is 5.68. The van der Waals surface area contributed by atoms with Gasteiger partial charge in [-0.3, -0.25) is 4.79 Å². The monoisotopic (exact) mass is 288 g/mol. The number of carbonyl (C=O) groups excluding carboxylic acids is 1. The van der Waals surface area contributed by atoms with Gasteiger partial charge in [0.2, 0.25) is 0 Å². The molecule has 0 radical (unpaired) electrons. The van der Waals surface area contributed by atoms with Crippen LogP contribution in [0.2, 0.25) is 0 Å². The van der Waals surface area contributed by atoms with Crippen LogP contribution in [0, 0.1) is 5.92 Å². The number of amides is 1. The number of hydrogen-bond acceptors (Lipinski definition) is 3. The molecule has 4 heteroatoms. The predicted molar refractivity (Wildman–Crippen MR) is 82.6 cm³/mol. The Kier molecular flexibility index (Phi) is 3.89. The van der Waals surface area contributed by atoms with E-state index in [1.165, 1.54) is 0 Å². The van der Waals surface area contributed by atoms with Crippen LogP contribution in [0.5, 0.6) is 5.75 Å². The van der Waals surface area contributed by atoms with E-state index in [4.69, 9.17) is 4.74 Å². The molecule has 1 amide bonds. The van der Waals surface area contributed by atoms with E-state index in [0.29, 0.717) is 12.0 Å². The van der Waals surface area contributed by atoms with E-state index in [1.54, 1.807) is 0 Å². The third-order valence-corrected chi connectivity index (χ3v) is 4.44. The molecule has 0 saturated carbocycles. The van der Waals surface area contributed by atoms with Crippen molar-refractivity contribution < 1.29 is 9.53 Å². The second-order valence-corrected chi connectivity index (χ2v) is 6.53. The van der Waals surface area contributed by atoms with Gasteiger partial charge in [0.15, 0.2) is 0 Å². The molecule has 1 aromatic rings. The number of benzene rings is 1. The van der Waals surface area contributed by atoms with Crippen LogP contribution in [0.15, 0.2) is 24.3 Å². The van der Waals surface area contributed by atoms with E-state index in [-0.39, 0.29) is 12.0 Å². The molecule has 2 saturated heterocycles. The van der Waals surface area contributed by atoms with Crippen molar-refractivity contribution in [2.24, 2.45) is 5.92 Å². The Morgan fingerprint density at radius 1 is 1.33 bits per heavy atom. The van der Waals surface area contributed by atoms with E-state index >= 15 is 0 Å². The first-order valence-corrected chi connectivity index (χ1v) is 7.81. The highest BCUT2D eigenvalue weighted by molar-refractivity contribution is 5.95. The fourth-order valence-electron chi connectivity index (χ4n) is 3.56. The Hall–Kier alpha value is -1.55. The summed E-state index contributed by atoms with van der Waals surface area (Å²) in [5, 5.41) is 0. The molecule has 0 N–H and O–H groups in total. The molecule has 2 atom stereocenters. The van der Waals surface area contributed by atoms with Gasteiger partial charge in [0.25, 0.3) is 5.91 Å². The van der Waals surface area contributed by atoms with Crippen LogP contribution in [0.4, 0.5) is 0 Å². The van der Waals surface area contributed by atoms with Crippen molar-refractivity contribution in [3.05, 3.63) is 29.8 Å². The normalized spacial score (nSPS) is 25.4. The first-order valence-electron chi connectivity index (χ1n) is 7.81. The molecule has 0 aliphatic carbocycles. The van der Waals surface area contributed by atoms with Crippen LogP contribution < -0.4 is 4.74 Å². The zero-order chi connectivity index (χ0) is 15.0. The fraction of sp³-hybridized carbons (Fsp3) is 0.588. The molecule has 0 aromatic heterocycles. The molecule has 2 heterocycles. The lowest BCUT2D eigenvalue weighted by Gasteiger charge is -2.24. The summed E-state index contributed by atoms with van der Waals surface area (Å²) in [6, 6.07) is 7.96. The van der Waals surface area contributed by atoms with Crippen LogP contribution >= 0.6 is 0 Å². The maximum Gasteiger partial charge on any atom is 0.254 e. The fourth-order valence-corrected chi connectivity index (χ4v) is 3.56. The maximum atomic E-state index is 12.8. The van der Waals surface area contributed by atoms with Gasteiger partial charge in [-0.2, -0.15) is 0 Å². The van der Waals surface area contributed by atoms with Crippen molar-refractivity contribution in [2.75, 3.05) is 26.7 Å². The lowest BCUT2D eigenvalue weighted by Crippen LogP contribution is -2.39. The van der Waals surface area contributed by atoms with Gasteiger partial charge in [0.1, 0.15) is 5.75 Å². The van der Waals surface area contributed by atoms with Gasteiger partial charge in [-0.25, -0.2) is 0 Å². The van der Waals surface area contributed by atoms with Crippen molar-refractivity contribution >= 4 is 5.91 Å². The van der Waals surface area contributed by atoms with Gasteiger partial charge in [0, 0.05) is 31.2 Å². The SMILES string of the molecule is CC(C)Oc1cccc(C(=O)N2CC[C@H]3CN(C)C[C@H]32)c1. The zero-order valence-electron chi connectivity index (χ0n) is 13.1. The first-order chi connectivity index (χ1) is 10.0. The lowest BCUT2D eigenvalue weighted by atomic mass is 10.0. The van der Waals surface area contributed by atoms with Gasteiger partial charge >= 0.3 is 0 Å². The van der Waals surface area contributed by atoms with Crippen molar-refractivity contribution in [3.63, 3.8) is 0 Å². The predicted octanol–water partition coefficient (Wildman–Crippen LogP) is 2.25. The standard InChI is InChI=1S/C17H24N2O2/c1-12(2)21-15-6-4-5-13(9-15)17(20)19-8-7-14-10-18(3)11-16(14)19/h4-6,9,12,14,16H,7-8,10-11H2,1-3H3/t14-,16+/m0/s1. The van der Waals surface area contributed by atoms with Crippen LogP contribution in [0.1, 0.15) is 30.6 Å². The summed E-state index contributed by atoms with van der Waals surface area (Å²) in [5.74, 6) is 1.57. The summed E-state index contributed by atoms with van der Waals surface area (Å²) in [5.41, 5.74) is 0.739. The molecule has 114 valence electrons. The highest BCUT2D eigenvalue weighted by Gasteiger charge is 2.42. The Bertz CT molecular complexity index is 529.